The highest BCUT2D eigenvalue weighted by Crippen LogP contribution is 2.40. The quantitative estimate of drug-likeness (QED) is 0.560. The summed E-state index contributed by atoms with van der Waals surface area (Å²) < 4.78 is 64.8. The predicted molar refractivity (Wildman–Crippen MR) is 57.1 cm³/mol. The maximum absolute atomic E-state index is 13.2. The van der Waals surface area contributed by atoms with E-state index in [1.165, 1.54) is 6.92 Å². The molecule has 0 aliphatic carbocycles. The summed E-state index contributed by atoms with van der Waals surface area (Å²) in [5.74, 6) is -11.7. The van der Waals surface area contributed by atoms with Gasteiger partial charge in [0.25, 0.3) is 0 Å². The van der Waals surface area contributed by atoms with Crippen molar-refractivity contribution in [2.75, 3.05) is 0 Å². The summed E-state index contributed by atoms with van der Waals surface area (Å²) in [7, 11) is 0. The lowest BCUT2D eigenvalue weighted by Crippen LogP contribution is -2.45. The van der Waals surface area contributed by atoms with E-state index >= 15 is 0 Å². The molecule has 0 amide bonds. The highest BCUT2D eigenvalue weighted by Gasteiger charge is 2.59. The third-order valence-electron chi connectivity index (χ3n) is 2.41. The number of aliphatic hydroxyl groups excluding tert-OH is 1. The van der Waals surface area contributed by atoms with Gasteiger partial charge < -0.3 is 10.2 Å². The van der Waals surface area contributed by atoms with Crippen molar-refractivity contribution in [2.24, 2.45) is 0 Å². The van der Waals surface area contributed by atoms with Gasteiger partial charge in [0.2, 0.25) is 0 Å². The van der Waals surface area contributed by atoms with Gasteiger partial charge in [0.05, 0.1) is 6.10 Å². The third-order valence-corrected chi connectivity index (χ3v) is 2.41. The van der Waals surface area contributed by atoms with Crippen molar-refractivity contribution in [1.82, 2.24) is 0 Å². The summed E-state index contributed by atoms with van der Waals surface area (Å²) in [6, 6.07) is 0. The van der Waals surface area contributed by atoms with Crippen LogP contribution in [-0.4, -0.2) is 40.3 Å². The fraction of sp³-hybridized carbons (Fsp3) is 0.727. The largest absolute Gasteiger partial charge is 0.478 e. The zero-order valence-electron chi connectivity index (χ0n) is 10.3. The number of carboxylic acids is 1. The Morgan fingerprint density at radius 3 is 2.05 bits per heavy atom. The summed E-state index contributed by atoms with van der Waals surface area (Å²) in [5.41, 5.74) is -0.994. The van der Waals surface area contributed by atoms with Crippen LogP contribution in [-0.2, 0) is 4.79 Å². The van der Waals surface area contributed by atoms with Gasteiger partial charge >= 0.3 is 17.8 Å². The number of hydrogen-bond acceptors (Lipinski definition) is 2. The summed E-state index contributed by atoms with van der Waals surface area (Å²) in [6.45, 7) is 1.55. The first-order valence-electron chi connectivity index (χ1n) is 5.44. The Kier molecular flexibility index (Phi) is 5.92. The highest BCUT2D eigenvalue weighted by atomic mass is 19.3. The Hall–Kier alpha value is -1.18. The van der Waals surface area contributed by atoms with E-state index < -0.39 is 48.2 Å². The number of aliphatic carboxylic acids is 1. The number of carbonyl (C=O) groups is 1. The Bertz CT molecular complexity index is 350. The summed E-state index contributed by atoms with van der Waals surface area (Å²) in [5, 5.41) is 17.5. The van der Waals surface area contributed by atoms with Crippen LogP contribution in [0.15, 0.2) is 11.6 Å². The number of alkyl halides is 5. The first-order chi connectivity index (χ1) is 8.41. The predicted octanol–water partition coefficient (Wildman–Crippen LogP) is 2.79. The first kappa shape index (κ1) is 17.8. The SMILES string of the molecule is CC(O)CCC(=CC(F)(F)C(F)(F)C(C)F)C(=O)O. The zero-order valence-corrected chi connectivity index (χ0v) is 10.3. The van der Waals surface area contributed by atoms with E-state index in [1.54, 1.807) is 0 Å². The van der Waals surface area contributed by atoms with Crippen LogP contribution in [0.4, 0.5) is 22.0 Å². The topological polar surface area (TPSA) is 57.5 Å². The van der Waals surface area contributed by atoms with Crippen LogP contribution in [0.3, 0.4) is 0 Å². The van der Waals surface area contributed by atoms with Crippen molar-refractivity contribution in [3.8, 4) is 0 Å². The van der Waals surface area contributed by atoms with Gasteiger partial charge in [-0.2, -0.15) is 17.6 Å². The van der Waals surface area contributed by atoms with Gasteiger partial charge in [0, 0.05) is 11.6 Å². The highest BCUT2D eigenvalue weighted by molar-refractivity contribution is 5.86. The van der Waals surface area contributed by atoms with Crippen LogP contribution in [0.25, 0.3) is 0 Å². The Morgan fingerprint density at radius 2 is 1.74 bits per heavy atom. The van der Waals surface area contributed by atoms with E-state index in [0.29, 0.717) is 0 Å². The molecule has 0 aromatic rings. The fourth-order valence-electron chi connectivity index (χ4n) is 1.19. The molecule has 0 saturated heterocycles. The molecule has 0 spiro atoms. The molecule has 112 valence electrons. The zero-order chi connectivity index (χ0) is 15.4. The van der Waals surface area contributed by atoms with Crippen molar-refractivity contribution in [3.05, 3.63) is 11.6 Å². The monoisotopic (exact) mass is 290 g/mol. The van der Waals surface area contributed by atoms with Gasteiger partial charge in [-0.3, -0.25) is 0 Å². The molecule has 0 bridgehead atoms. The molecule has 2 atom stereocenters. The van der Waals surface area contributed by atoms with E-state index in [1.807, 2.05) is 0 Å². The van der Waals surface area contributed by atoms with Gasteiger partial charge in [0.15, 0.2) is 6.17 Å². The van der Waals surface area contributed by atoms with Crippen molar-refractivity contribution in [2.45, 2.75) is 50.8 Å². The molecular weight excluding hydrogens is 275 g/mol. The van der Waals surface area contributed by atoms with E-state index in [0.717, 1.165) is 0 Å². The molecule has 2 N–H and O–H groups in total. The summed E-state index contributed by atoms with van der Waals surface area (Å²) in [6.07, 6.45) is -5.28. The van der Waals surface area contributed by atoms with Gasteiger partial charge in [-0.25, -0.2) is 9.18 Å². The van der Waals surface area contributed by atoms with Crippen LogP contribution >= 0.6 is 0 Å². The maximum Gasteiger partial charge on any atom is 0.344 e. The number of hydrogen-bond donors (Lipinski definition) is 2. The average Bonchev–Trinajstić information content (AvgIpc) is 2.22. The van der Waals surface area contributed by atoms with E-state index in [9.17, 15) is 26.7 Å². The molecule has 0 aliphatic rings. The lowest BCUT2D eigenvalue weighted by molar-refractivity contribution is -0.210. The Labute approximate surface area is 106 Å². The van der Waals surface area contributed by atoms with Crippen molar-refractivity contribution >= 4 is 5.97 Å². The molecule has 0 aliphatic heterocycles. The second-order valence-corrected chi connectivity index (χ2v) is 4.22. The van der Waals surface area contributed by atoms with E-state index in [4.69, 9.17) is 10.2 Å². The summed E-state index contributed by atoms with van der Waals surface area (Å²) >= 11 is 0. The number of carboxylic acid groups (broad SMARTS) is 1. The number of halogens is 5. The minimum atomic E-state index is -5.00. The molecule has 0 aromatic heterocycles. The van der Waals surface area contributed by atoms with Gasteiger partial charge in [-0.1, -0.05) is 0 Å². The molecule has 0 fully saturated rings. The Balaban J connectivity index is 5.26. The molecule has 19 heavy (non-hydrogen) atoms. The lowest BCUT2D eigenvalue weighted by atomic mass is 10.0. The first-order valence-corrected chi connectivity index (χ1v) is 5.44. The molecule has 3 nitrogen and oxygen atoms in total. The van der Waals surface area contributed by atoms with Crippen molar-refractivity contribution in [3.63, 3.8) is 0 Å². The second kappa shape index (κ2) is 6.31. The van der Waals surface area contributed by atoms with Crippen molar-refractivity contribution < 1.29 is 37.0 Å². The van der Waals surface area contributed by atoms with Crippen LogP contribution in [0.5, 0.6) is 0 Å². The van der Waals surface area contributed by atoms with Gasteiger partial charge in [-0.15, -0.1) is 0 Å². The Morgan fingerprint density at radius 1 is 1.26 bits per heavy atom. The lowest BCUT2D eigenvalue weighted by Gasteiger charge is -2.25. The molecule has 8 heteroatoms. The van der Waals surface area contributed by atoms with E-state index in [2.05, 4.69) is 0 Å². The average molecular weight is 290 g/mol. The van der Waals surface area contributed by atoms with Crippen LogP contribution in [0.2, 0.25) is 0 Å². The molecular formula is C11H15F5O3. The third kappa shape index (κ3) is 4.77. The van der Waals surface area contributed by atoms with Crippen LogP contribution in [0, 0.1) is 0 Å². The van der Waals surface area contributed by atoms with Gasteiger partial charge in [0.1, 0.15) is 0 Å². The van der Waals surface area contributed by atoms with Crippen molar-refractivity contribution in [1.29, 1.82) is 0 Å². The normalized spacial score (nSPS) is 17.2. The van der Waals surface area contributed by atoms with E-state index in [-0.39, 0.29) is 13.3 Å². The standard InChI is InChI=1S/C11H15F5O3/c1-6(17)3-4-8(9(18)19)5-10(13,14)11(15,16)7(2)12/h5-7,17H,3-4H2,1-2H3,(H,18,19). The molecule has 0 aromatic carbocycles. The van der Waals surface area contributed by atoms with Gasteiger partial charge in [-0.05, 0) is 26.7 Å². The second-order valence-electron chi connectivity index (χ2n) is 4.22. The number of rotatable bonds is 7. The smallest absolute Gasteiger partial charge is 0.344 e. The molecule has 0 saturated carbocycles. The van der Waals surface area contributed by atoms with Crippen LogP contribution < -0.4 is 0 Å². The molecule has 2 unspecified atom stereocenters. The number of aliphatic hydroxyl groups is 1. The number of allylic oxidation sites excluding steroid dienone is 1. The summed E-state index contributed by atoms with van der Waals surface area (Å²) in [4.78, 5) is 10.7. The fourth-order valence-corrected chi connectivity index (χ4v) is 1.19. The molecule has 0 radical (unpaired) electrons. The maximum atomic E-state index is 13.2. The van der Waals surface area contributed by atoms with Crippen LogP contribution in [0.1, 0.15) is 26.7 Å². The molecule has 0 heterocycles. The molecule has 0 rings (SSSR count). The minimum absolute atomic E-state index is 0.190. The minimum Gasteiger partial charge on any atom is -0.478 e.